The lowest BCUT2D eigenvalue weighted by Crippen LogP contribution is -1.80. The molecule has 0 aliphatic carbocycles. The summed E-state index contributed by atoms with van der Waals surface area (Å²) in [7, 11) is 0. The minimum atomic E-state index is -0.143. The first-order valence-electron chi connectivity index (χ1n) is 5.62. The average molecular weight is 307 g/mol. The molecule has 0 unspecified atom stereocenters. The van der Waals surface area contributed by atoms with Crippen LogP contribution in [0.25, 0.3) is 21.8 Å². The van der Waals surface area contributed by atoms with E-state index in [9.17, 15) is 10.2 Å². The minimum Gasteiger partial charge on any atom is -0.504 e. The van der Waals surface area contributed by atoms with E-state index in [4.69, 9.17) is 0 Å². The molecule has 0 bridgehead atoms. The maximum atomic E-state index is 9.50. The summed E-state index contributed by atoms with van der Waals surface area (Å²) in [6.45, 7) is 0. The number of aromatic nitrogens is 2. The predicted molar refractivity (Wildman–Crippen MR) is 81.4 cm³/mol. The number of hydrogen-bond acceptors (Lipinski definition) is 5. The Morgan fingerprint density at radius 2 is 1.65 bits per heavy atom. The molecule has 3 rings (SSSR count). The standard InChI is InChI=1S/C14H10N2O2S.ClH/c17-12-2-1-10(7-13(12)18)11-8-19-14(16-11)9-3-5-15-6-4-9;/h1-8,17-18H;1H. The number of phenolic OH excluding ortho intramolecular Hbond substituents is 2. The van der Waals surface area contributed by atoms with E-state index in [1.165, 1.54) is 23.5 Å². The van der Waals surface area contributed by atoms with E-state index in [1.54, 1.807) is 18.5 Å². The Hall–Kier alpha value is -2.11. The Bertz CT molecular complexity index is 716. The Kier molecular flexibility index (Phi) is 4.22. The maximum Gasteiger partial charge on any atom is 0.158 e. The van der Waals surface area contributed by atoms with Gasteiger partial charge >= 0.3 is 0 Å². The van der Waals surface area contributed by atoms with Crippen molar-refractivity contribution in [1.82, 2.24) is 9.97 Å². The third kappa shape index (κ3) is 2.74. The van der Waals surface area contributed by atoms with Crippen LogP contribution in [0, 0.1) is 0 Å². The van der Waals surface area contributed by atoms with Crippen LogP contribution in [0.4, 0.5) is 0 Å². The maximum absolute atomic E-state index is 9.50. The molecule has 4 nitrogen and oxygen atoms in total. The largest absolute Gasteiger partial charge is 0.504 e. The van der Waals surface area contributed by atoms with E-state index in [0.29, 0.717) is 0 Å². The van der Waals surface area contributed by atoms with Crippen molar-refractivity contribution in [3.63, 3.8) is 0 Å². The van der Waals surface area contributed by atoms with Gasteiger partial charge in [-0.1, -0.05) is 0 Å². The molecule has 2 N–H and O–H groups in total. The first-order valence-corrected chi connectivity index (χ1v) is 6.50. The molecule has 0 aliphatic heterocycles. The lowest BCUT2D eigenvalue weighted by molar-refractivity contribution is 0.404. The zero-order chi connectivity index (χ0) is 13.2. The van der Waals surface area contributed by atoms with Gasteiger partial charge in [-0.15, -0.1) is 23.7 Å². The molecular formula is C14H11ClN2O2S. The molecule has 0 amide bonds. The van der Waals surface area contributed by atoms with Gasteiger partial charge in [0.2, 0.25) is 0 Å². The molecule has 0 fully saturated rings. The van der Waals surface area contributed by atoms with Gasteiger partial charge in [0.05, 0.1) is 5.69 Å². The molecule has 0 radical (unpaired) electrons. The van der Waals surface area contributed by atoms with Gasteiger partial charge in [0, 0.05) is 28.9 Å². The van der Waals surface area contributed by atoms with Gasteiger partial charge < -0.3 is 10.2 Å². The van der Waals surface area contributed by atoms with Crippen molar-refractivity contribution >= 4 is 23.7 Å². The van der Waals surface area contributed by atoms with Crippen molar-refractivity contribution in [3.05, 3.63) is 48.1 Å². The average Bonchev–Trinajstić information content (AvgIpc) is 2.93. The van der Waals surface area contributed by atoms with E-state index >= 15 is 0 Å². The Balaban J connectivity index is 0.00000147. The fraction of sp³-hybridized carbons (Fsp3) is 0. The third-order valence-electron chi connectivity index (χ3n) is 2.70. The Labute approximate surface area is 125 Å². The molecule has 0 saturated heterocycles. The first kappa shape index (κ1) is 14.3. The highest BCUT2D eigenvalue weighted by Crippen LogP contribution is 2.33. The lowest BCUT2D eigenvalue weighted by atomic mass is 10.1. The van der Waals surface area contributed by atoms with Crippen LogP contribution < -0.4 is 0 Å². The summed E-state index contributed by atoms with van der Waals surface area (Å²) in [6.07, 6.45) is 3.45. The molecule has 20 heavy (non-hydrogen) atoms. The van der Waals surface area contributed by atoms with Gasteiger partial charge in [-0.05, 0) is 30.3 Å². The van der Waals surface area contributed by atoms with Gasteiger partial charge in [0.25, 0.3) is 0 Å². The highest BCUT2D eigenvalue weighted by atomic mass is 35.5. The number of rotatable bonds is 2. The number of hydrogen-bond donors (Lipinski definition) is 2. The van der Waals surface area contributed by atoms with Crippen molar-refractivity contribution in [3.8, 4) is 33.3 Å². The van der Waals surface area contributed by atoms with Crippen LogP contribution in [-0.4, -0.2) is 20.2 Å². The monoisotopic (exact) mass is 306 g/mol. The van der Waals surface area contributed by atoms with Crippen LogP contribution >= 0.6 is 23.7 Å². The second-order valence-corrected chi connectivity index (χ2v) is 4.84. The number of thiazole rings is 1. The molecular weight excluding hydrogens is 296 g/mol. The number of pyridine rings is 1. The topological polar surface area (TPSA) is 66.2 Å². The second-order valence-electron chi connectivity index (χ2n) is 3.98. The van der Waals surface area contributed by atoms with E-state index in [-0.39, 0.29) is 23.9 Å². The summed E-state index contributed by atoms with van der Waals surface area (Å²) in [4.78, 5) is 8.49. The van der Waals surface area contributed by atoms with E-state index in [1.807, 2.05) is 17.5 Å². The van der Waals surface area contributed by atoms with E-state index in [0.717, 1.165) is 21.8 Å². The third-order valence-corrected chi connectivity index (χ3v) is 3.59. The normalized spacial score (nSPS) is 10.0. The smallest absolute Gasteiger partial charge is 0.158 e. The fourth-order valence-electron chi connectivity index (χ4n) is 1.72. The van der Waals surface area contributed by atoms with Crippen LogP contribution in [-0.2, 0) is 0 Å². The quantitative estimate of drug-likeness (QED) is 0.708. The second kappa shape index (κ2) is 5.90. The minimum absolute atomic E-state index is 0. The summed E-state index contributed by atoms with van der Waals surface area (Å²) < 4.78 is 0. The van der Waals surface area contributed by atoms with Crippen molar-refractivity contribution in [2.24, 2.45) is 0 Å². The lowest BCUT2D eigenvalue weighted by Gasteiger charge is -2.00. The molecule has 3 aromatic rings. The molecule has 0 aliphatic rings. The van der Waals surface area contributed by atoms with Crippen LogP contribution in [0.1, 0.15) is 0 Å². The molecule has 0 saturated carbocycles. The SMILES string of the molecule is Cl.Oc1ccc(-c2csc(-c3ccncc3)n2)cc1O. The zero-order valence-corrected chi connectivity index (χ0v) is 11.9. The number of phenols is 2. The number of benzene rings is 1. The number of nitrogens with zero attached hydrogens (tertiary/aromatic N) is 2. The molecule has 102 valence electrons. The van der Waals surface area contributed by atoms with Gasteiger partial charge in [-0.2, -0.15) is 0 Å². The molecule has 2 heterocycles. The van der Waals surface area contributed by atoms with Crippen LogP contribution in [0.2, 0.25) is 0 Å². The van der Waals surface area contributed by atoms with E-state index in [2.05, 4.69) is 9.97 Å². The fourth-order valence-corrected chi connectivity index (χ4v) is 2.55. The van der Waals surface area contributed by atoms with Crippen molar-refractivity contribution in [2.75, 3.05) is 0 Å². The van der Waals surface area contributed by atoms with Crippen molar-refractivity contribution in [1.29, 1.82) is 0 Å². The predicted octanol–water partition coefficient (Wildman–Crippen LogP) is 3.71. The number of halogens is 1. The summed E-state index contributed by atoms with van der Waals surface area (Å²) >= 11 is 1.52. The number of aromatic hydroxyl groups is 2. The molecule has 1 aromatic carbocycles. The van der Waals surface area contributed by atoms with Crippen LogP contribution in [0.5, 0.6) is 11.5 Å². The van der Waals surface area contributed by atoms with Crippen LogP contribution in [0.3, 0.4) is 0 Å². The molecule has 0 spiro atoms. The highest BCUT2D eigenvalue weighted by molar-refractivity contribution is 7.13. The van der Waals surface area contributed by atoms with Gasteiger partial charge in [-0.3, -0.25) is 4.98 Å². The zero-order valence-electron chi connectivity index (χ0n) is 10.2. The summed E-state index contributed by atoms with van der Waals surface area (Å²) in [5.41, 5.74) is 2.55. The van der Waals surface area contributed by atoms with Gasteiger partial charge in [-0.25, -0.2) is 4.98 Å². The highest BCUT2D eigenvalue weighted by Gasteiger charge is 2.08. The van der Waals surface area contributed by atoms with Crippen molar-refractivity contribution < 1.29 is 10.2 Å². The Morgan fingerprint density at radius 1 is 0.900 bits per heavy atom. The summed E-state index contributed by atoms with van der Waals surface area (Å²) in [5.74, 6) is -0.274. The summed E-state index contributed by atoms with van der Waals surface area (Å²) in [5, 5.41) is 21.6. The first-order chi connectivity index (χ1) is 9.24. The molecule has 0 atom stereocenters. The van der Waals surface area contributed by atoms with E-state index < -0.39 is 0 Å². The van der Waals surface area contributed by atoms with Gasteiger partial charge in [0.1, 0.15) is 5.01 Å². The summed E-state index contributed by atoms with van der Waals surface area (Å²) in [6, 6.07) is 8.48. The molecule has 6 heteroatoms. The van der Waals surface area contributed by atoms with Gasteiger partial charge in [0.15, 0.2) is 11.5 Å². The van der Waals surface area contributed by atoms with Crippen molar-refractivity contribution in [2.45, 2.75) is 0 Å². The Morgan fingerprint density at radius 3 is 2.35 bits per heavy atom. The van der Waals surface area contributed by atoms with Crippen LogP contribution in [0.15, 0.2) is 48.1 Å². The molecule has 2 aromatic heterocycles.